The van der Waals surface area contributed by atoms with Crippen LogP contribution in [0.25, 0.3) is 0 Å². The molecule has 0 unspecified atom stereocenters. The molecule has 0 bridgehead atoms. The number of alkyl halides is 2. The first kappa shape index (κ1) is 12.7. The van der Waals surface area contributed by atoms with E-state index in [1.807, 2.05) is 0 Å². The maximum Gasteiger partial charge on any atom is 0.328 e. The highest BCUT2D eigenvalue weighted by atomic mass is 35.5. The molecule has 0 amide bonds. The molecule has 4 nitrogen and oxygen atoms in total. The number of aliphatic carboxylic acids is 1. The van der Waals surface area contributed by atoms with Crippen LogP contribution in [-0.4, -0.2) is 27.4 Å². The molecule has 0 aromatic heterocycles. The zero-order valence-corrected chi connectivity index (χ0v) is 8.99. The third-order valence-electron chi connectivity index (χ3n) is 2.19. The van der Waals surface area contributed by atoms with Gasteiger partial charge in [-0.15, -0.1) is 0 Å². The quantitative estimate of drug-likeness (QED) is 0.700. The highest BCUT2D eigenvalue weighted by Gasteiger charge is 2.42. The van der Waals surface area contributed by atoms with E-state index in [0.717, 1.165) is 0 Å². The molecular weight excluding hydrogens is 237 g/mol. The number of benzene rings is 1. The van der Waals surface area contributed by atoms with Gasteiger partial charge < -0.3 is 15.9 Å². The fourth-order valence-electron chi connectivity index (χ4n) is 1.25. The van der Waals surface area contributed by atoms with Gasteiger partial charge in [-0.25, -0.2) is 4.39 Å². The molecular formula is C10H11ClFNO3. The van der Waals surface area contributed by atoms with Crippen LogP contribution in [0.3, 0.4) is 0 Å². The zero-order chi connectivity index (χ0) is 12.3. The number of phenolic OH excluding ortho intramolecular Hbond substituents is 1. The zero-order valence-electron chi connectivity index (χ0n) is 8.23. The third-order valence-corrected chi connectivity index (χ3v) is 2.58. The Morgan fingerprint density at radius 3 is 2.69 bits per heavy atom. The van der Waals surface area contributed by atoms with E-state index in [4.69, 9.17) is 22.4 Å². The summed E-state index contributed by atoms with van der Waals surface area (Å²) in [6.07, 6.45) is -0.304. The highest BCUT2D eigenvalue weighted by Crippen LogP contribution is 2.22. The van der Waals surface area contributed by atoms with Gasteiger partial charge in [-0.2, -0.15) is 0 Å². The molecule has 4 N–H and O–H groups in total. The molecule has 16 heavy (non-hydrogen) atoms. The van der Waals surface area contributed by atoms with Crippen molar-refractivity contribution in [3.63, 3.8) is 0 Å². The average molecular weight is 248 g/mol. The molecule has 0 saturated carbocycles. The van der Waals surface area contributed by atoms with E-state index in [0.29, 0.717) is 5.56 Å². The molecule has 0 heterocycles. The first-order valence-electron chi connectivity index (χ1n) is 4.44. The third kappa shape index (κ3) is 2.62. The number of hydrogen-bond acceptors (Lipinski definition) is 3. The van der Waals surface area contributed by atoms with Crippen LogP contribution in [-0.2, 0) is 11.2 Å². The summed E-state index contributed by atoms with van der Waals surface area (Å²) in [5, 5.41) is 18.0. The van der Waals surface area contributed by atoms with Crippen LogP contribution in [0.5, 0.6) is 5.75 Å². The Morgan fingerprint density at radius 1 is 1.62 bits per heavy atom. The molecule has 0 aliphatic carbocycles. The Labute approximate surface area is 96.4 Å². The van der Waals surface area contributed by atoms with Crippen molar-refractivity contribution in [3.05, 3.63) is 29.8 Å². The standard InChI is InChI=1S/C10H11ClFNO3/c11-8(12)10(13,9(15)16)5-6-2-1-3-7(14)4-6/h1-4,8,14H,5,13H2,(H,15,16)/t8-,10+/m0/s1. The largest absolute Gasteiger partial charge is 0.508 e. The molecule has 0 fully saturated rings. The number of hydrogen-bond donors (Lipinski definition) is 3. The Hall–Kier alpha value is -1.33. The molecule has 88 valence electrons. The summed E-state index contributed by atoms with van der Waals surface area (Å²) in [6, 6.07) is 5.76. The molecule has 1 aromatic rings. The van der Waals surface area contributed by atoms with Gasteiger partial charge >= 0.3 is 5.97 Å². The number of nitrogens with two attached hydrogens (primary N) is 1. The van der Waals surface area contributed by atoms with E-state index in [-0.39, 0.29) is 12.2 Å². The van der Waals surface area contributed by atoms with Crippen LogP contribution in [0, 0.1) is 0 Å². The summed E-state index contributed by atoms with van der Waals surface area (Å²) >= 11 is 5.13. The minimum atomic E-state index is -2.22. The number of halogens is 2. The number of carbonyl (C=O) groups is 1. The smallest absolute Gasteiger partial charge is 0.328 e. The number of rotatable bonds is 4. The van der Waals surface area contributed by atoms with E-state index < -0.39 is 17.1 Å². The number of aromatic hydroxyl groups is 1. The van der Waals surface area contributed by atoms with Gasteiger partial charge in [-0.3, -0.25) is 4.79 Å². The van der Waals surface area contributed by atoms with Crippen molar-refractivity contribution in [1.29, 1.82) is 0 Å². The van der Waals surface area contributed by atoms with E-state index in [2.05, 4.69) is 0 Å². The maximum atomic E-state index is 13.0. The van der Waals surface area contributed by atoms with E-state index in [9.17, 15) is 14.3 Å². The van der Waals surface area contributed by atoms with Crippen molar-refractivity contribution in [2.75, 3.05) is 0 Å². The van der Waals surface area contributed by atoms with Gasteiger partial charge in [0.15, 0.2) is 5.54 Å². The predicted molar refractivity (Wildman–Crippen MR) is 57.1 cm³/mol. The molecule has 0 saturated heterocycles. The Kier molecular flexibility index (Phi) is 3.72. The molecule has 0 spiro atoms. The van der Waals surface area contributed by atoms with Crippen molar-refractivity contribution in [3.8, 4) is 5.75 Å². The number of phenols is 1. The summed E-state index contributed by atoms with van der Waals surface area (Å²) < 4.78 is 13.0. The van der Waals surface area contributed by atoms with Crippen LogP contribution in [0.1, 0.15) is 5.56 Å². The molecule has 0 aliphatic rings. The fraction of sp³-hybridized carbons (Fsp3) is 0.300. The van der Waals surface area contributed by atoms with Crippen LogP contribution < -0.4 is 5.73 Å². The predicted octanol–water partition coefficient (Wildman–Crippen LogP) is 1.25. The lowest BCUT2D eigenvalue weighted by atomic mass is 9.93. The summed E-state index contributed by atoms with van der Waals surface area (Å²) in [5.41, 5.74) is 1.36. The summed E-state index contributed by atoms with van der Waals surface area (Å²) in [4.78, 5) is 10.8. The SMILES string of the molecule is N[C@@](Cc1cccc(O)c1)(C(=O)O)[C@H](F)Cl. The lowest BCUT2D eigenvalue weighted by molar-refractivity contribution is -0.144. The minimum absolute atomic E-state index is 0.0461. The Bertz CT molecular complexity index is 399. The first-order valence-corrected chi connectivity index (χ1v) is 4.88. The molecule has 1 aromatic carbocycles. The summed E-state index contributed by atoms with van der Waals surface area (Å²) in [7, 11) is 0. The van der Waals surface area contributed by atoms with Gasteiger partial charge in [0, 0.05) is 6.42 Å². The number of carboxylic acids is 1. The molecule has 1 rings (SSSR count). The van der Waals surface area contributed by atoms with Gasteiger partial charge in [0.1, 0.15) is 5.75 Å². The Morgan fingerprint density at radius 2 is 2.25 bits per heavy atom. The lowest BCUT2D eigenvalue weighted by Gasteiger charge is -2.24. The van der Waals surface area contributed by atoms with Gasteiger partial charge in [0.05, 0.1) is 0 Å². The molecule has 0 aliphatic heterocycles. The van der Waals surface area contributed by atoms with Gasteiger partial charge in [-0.05, 0) is 17.7 Å². The normalized spacial score (nSPS) is 16.4. The van der Waals surface area contributed by atoms with Crippen LogP contribution in [0.15, 0.2) is 24.3 Å². The Balaban J connectivity index is 2.97. The van der Waals surface area contributed by atoms with Crippen molar-refractivity contribution in [2.24, 2.45) is 5.73 Å². The lowest BCUT2D eigenvalue weighted by Crippen LogP contribution is -2.55. The number of carboxylic acid groups (broad SMARTS) is 1. The van der Waals surface area contributed by atoms with Gasteiger partial charge in [-0.1, -0.05) is 23.7 Å². The highest BCUT2D eigenvalue weighted by molar-refractivity contribution is 6.22. The van der Waals surface area contributed by atoms with Crippen molar-refractivity contribution >= 4 is 17.6 Å². The summed E-state index contributed by atoms with van der Waals surface area (Å²) in [5.74, 6) is -1.58. The van der Waals surface area contributed by atoms with Gasteiger partial charge in [0.2, 0.25) is 5.63 Å². The van der Waals surface area contributed by atoms with E-state index in [1.165, 1.54) is 24.3 Å². The topological polar surface area (TPSA) is 83.5 Å². The maximum absolute atomic E-state index is 13.0. The molecule has 2 atom stereocenters. The summed E-state index contributed by atoms with van der Waals surface area (Å²) in [6.45, 7) is 0. The van der Waals surface area contributed by atoms with Gasteiger partial charge in [0.25, 0.3) is 0 Å². The van der Waals surface area contributed by atoms with E-state index >= 15 is 0 Å². The average Bonchev–Trinajstić information content (AvgIpc) is 2.16. The van der Waals surface area contributed by atoms with Crippen molar-refractivity contribution < 1.29 is 19.4 Å². The van der Waals surface area contributed by atoms with Crippen molar-refractivity contribution in [1.82, 2.24) is 0 Å². The second-order valence-corrected chi connectivity index (χ2v) is 3.88. The van der Waals surface area contributed by atoms with E-state index in [1.54, 1.807) is 0 Å². The monoisotopic (exact) mass is 247 g/mol. The van der Waals surface area contributed by atoms with Crippen LogP contribution in [0.2, 0.25) is 0 Å². The van der Waals surface area contributed by atoms with Crippen molar-refractivity contribution in [2.45, 2.75) is 17.6 Å². The second kappa shape index (κ2) is 4.67. The minimum Gasteiger partial charge on any atom is -0.508 e. The molecule has 0 radical (unpaired) electrons. The van der Waals surface area contributed by atoms with Crippen LogP contribution in [0.4, 0.5) is 4.39 Å². The fourth-order valence-corrected chi connectivity index (χ4v) is 1.42. The second-order valence-electron chi connectivity index (χ2n) is 3.49. The molecule has 6 heteroatoms. The van der Waals surface area contributed by atoms with Crippen LogP contribution >= 0.6 is 11.6 Å². The first-order chi connectivity index (χ1) is 7.36.